The fourth-order valence-corrected chi connectivity index (χ4v) is 3.23. The summed E-state index contributed by atoms with van der Waals surface area (Å²) in [5.41, 5.74) is 1.49. The lowest BCUT2D eigenvalue weighted by Crippen LogP contribution is -2.41. The Balaban J connectivity index is 1.68. The van der Waals surface area contributed by atoms with Gasteiger partial charge in [-0.2, -0.15) is 0 Å². The lowest BCUT2D eigenvalue weighted by atomic mass is 9.97. The normalized spacial score (nSPS) is 20.0. The van der Waals surface area contributed by atoms with Gasteiger partial charge in [0.1, 0.15) is 11.8 Å². The quantitative estimate of drug-likeness (QED) is 0.858. The zero-order valence-electron chi connectivity index (χ0n) is 12.5. The molecule has 1 aromatic carbocycles. The molecule has 4 nitrogen and oxygen atoms in total. The van der Waals surface area contributed by atoms with Gasteiger partial charge >= 0.3 is 0 Å². The van der Waals surface area contributed by atoms with Crippen molar-refractivity contribution >= 4 is 16.8 Å². The number of fused-ring (bicyclic) bond motifs is 1. The summed E-state index contributed by atoms with van der Waals surface area (Å²) in [6.45, 7) is 3.53. The van der Waals surface area contributed by atoms with E-state index in [9.17, 15) is 4.79 Å². The van der Waals surface area contributed by atoms with E-state index in [1.165, 1.54) is 12.8 Å². The number of piperidine rings is 1. The van der Waals surface area contributed by atoms with Crippen LogP contribution in [-0.4, -0.2) is 43.9 Å². The summed E-state index contributed by atoms with van der Waals surface area (Å²) in [4.78, 5) is 14.8. The van der Waals surface area contributed by atoms with Crippen LogP contribution in [0.1, 0.15) is 23.2 Å². The molecule has 0 bridgehead atoms. The van der Waals surface area contributed by atoms with Gasteiger partial charge < -0.3 is 9.73 Å². The Morgan fingerprint density at radius 1 is 1.43 bits per heavy atom. The number of hydrogen-bond acceptors (Lipinski definition) is 4. The molecular weight excluding hydrogens is 264 g/mol. The zero-order valence-corrected chi connectivity index (χ0v) is 12.5. The fraction of sp³-hybridized carbons (Fsp3) is 0.471. The third kappa shape index (κ3) is 3.17. The maximum absolute atomic E-state index is 12.5. The van der Waals surface area contributed by atoms with Crippen molar-refractivity contribution in [2.45, 2.75) is 12.8 Å². The van der Waals surface area contributed by atoms with Crippen molar-refractivity contribution in [2.24, 2.45) is 5.92 Å². The number of furan rings is 1. The van der Waals surface area contributed by atoms with Gasteiger partial charge in [-0.05, 0) is 45.0 Å². The number of hydrogen-bond donors (Lipinski definition) is 1. The minimum absolute atomic E-state index is 0.157. The Hall–Kier alpha value is -1.65. The van der Waals surface area contributed by atoms with Crippen molar-refractivity contribution in [3.8, 4) is 0 Å². The van der Waals surface area contributed by atoms with Gasteiger partial charge in [-0.15, -0.1) is 0 Å². The van der Waals surface area contributed by atoms with E-state index in [4.69, 9.17) is 4.42 Å². The Morgan fingerprint density at radius 3 is 3.14 bits per heavy atom. The number of carbonyl (C=O) groups excluding carboxylic acids is 1. The maximum Gasteiger partial charge on any atom is 0.180 e. The molecule has 0 radical (unpaired) electrons. The molecule has 1 aromatic heterocycles. The lowest BCUT2D eigenvalue weighted by Gasteiger charge is -2.32. The van der Waals surface area contributed by atoms with E-state index in [-0.39, 0.29) is 5.78 Å². The summed E-state index contributed by atoms with van der Waals surface area (Å²) in [6, 6.07) is 7.72. The molecule has 1 saturated heterocycles. The largest absolute Gasteiger partial charge is 0.464 e. The van der Waals surface area contributed by atoms with Gasteiger partial charge in [0, 0.05) is 11.9 Å². The highest BCUT2D eigenvalue weighted by molar-refractivity contribution is 6.08. The van der Waals surface area contributed by atoms with Gasteiger partial charge in [0.2, 0.25) is 0 Å². The van der Waals surface area contributed by atoms with Crippen molar-refractivity contribution in [2.75, 3.05) is 33.2 Å². The number of likely N-dealkylation sites (tertiary alicyclic amines) is 1. The highest BCUT2D eigenvalue weighted by atomic mass is 16.3. The standard InChI is InChI=1S/C17H22N2O2/c1-18-9-13-5-4-8-19(10-13)11-16(20)15-12-21-17-7-3-2-6-14(15)17/h2-3,6-7,12-13,18H,4-5,8-11H2,1H3. The second-order valence-corrected chi connectivity index (χ2v) is 5.87. The van der Waals surface area contributed by atoms with Crippen molar-refractivity contribution in [1.29, 1.82) is 0 Å². The molecule has 0 aliphatic carbocycles. The van der Waals surface area contributed by atoms with E-state index in [1.807, 2.05) is 31.3 Å². The van der Waals surface area contributed by atoms with E-state index >= 15 is 0 Å². The Kier molecular flexibility index (Phi) is 4.36. The molecule has 0 saturated carbocycles. The monoisotopic (exact) mass is 286 g/mol. The average Bonchev–Trinajstić information content (AvgIpc) is 2.92. The highest BCUT2D eigenvalue weighted by Crippen LogP contribution is 2.22. The van der Waals surface area contributed by atoms with Crippen molar-refractivity contribution < 1.29 is 9.21 Å². The van der Waals surface area contributed by atoms with Gasteiger partial charge in [0.25, 0.3) is 0 Å². The number of nitrogens with zero attached hydrogens (tertiary/aromatic N) is 1. The van der Waals surface area contributed by atoms with Gasteiger partial charge in [0.05, 0.1) is 12.1 Å². The predicted molar refractivity (Wildman–Crippen MR) is 83.6 cm³/mol. The molecule has 1 aliphatic rings. The second kappa shape index (κ2) is 6.41. The first kappa shape index (κ1) is 14.3. The van der Waals surface area contributed by atoms with Gasteiger partial charge in [-0.25, -0.2) is 0 Å². The van der Waals surface area contributed by atoms with Crippen molar-refractivity contribution in [3.05, 3.63) is 36.1 Å². The summed E-state index contributed by atoms with van der Waals surface area (Å²) >= 11 is 0. The summed E-state index contributed by atoms with van der Waals surface area (Å²) in [7, 11) is 1.99. The molecule has 4 heteroatoms. The van der Waals surface area contributed by atoms with Crippen LogP contribution in [0.4, 0.5) is 0 Å². The SMILES string of the molecule is CNCC1CCCN(CC(=O)c2coc3ccccc23)C1. The molecule has 112 valence electrons. The van der Waals surface area contributed by atoms with Crippen LogP contribution >= 0.6 is 0 Å². The number of rotatable bonds is 5. The molecule has 2 heterocycles. The molecular formula is C17H22N2O2. The minimum atomic E-state index is 0.157. The summed E-state index contributed by atoms with van der Waals surface area (Å²) in [5, 5.41) is 4.16. The van der Waals surface area contributed by atoms with Crippen LogP contribution in [0.3, 0.4) is 0 Å². The van der Waals surface area contributed by atoms with Crippen LogP contribution in [0.2, 0.25) is 0 Å². The summed E-state index contributed by atoms with van der Waals surface area (Å²) in [5.74, 6) is 0.808. The second-order valence-electron chi connectivity index (χ2n) is 5.87. The van der Waals surface area contributed by atoms with Crippen molar-refractivity contribution in [1.82, 2.24) is 10.2 Å². The van der Waals surface area contributed by atoms with Crippen LogP contribution < -0.4 is 5.32 Å². The predicted octanol–water partition coefficient (Wildman–Crippen LogP) is 2.55. The maximum atomic E-state index is 12.5. The van der Waals surface area contributed by atoms with Crippen LogP contribution in [-0.2, 0) is 0 Å². The minimum Gasteiger partial charge on any atom is -0.464 e. The van der Waals surface area contributed by atoms with Gasteiger partial charge in [-0.1, -0.05) is 18.2 Å². The molecule has 1 aliphatic heterocycles. The molecule has 1 unspecified atom stereocenters. The molecule has 0 amide bonds. The first-order valence-corrected chi connectivity index (χ1v) is 7.64. The number of carbonyl (C=O) groups is 1. The fourth-order valence-electron chi connectivity index (χ4n) is 3.23. The van der Waals surface area contributed by atoms with Gasteiger partial charge in [0.15, 0.2) is 5.78 Å². The molecule has 1 atom stereocenters. The van der Waals surface area contributed by atoms with Crippen LogP contribution in [0, 0.1) is 5.92 Å². The van der Waals surface area contributed by atoms with Gasteiger partial charge in [-0.3, -0.25) is 9.69 Å². The number of nitrogens with one attached hydrogen (secondary N) is 1. The molecule has 3 rings (SSSR count). The first-order chi connectivity index (χ1) is 10.3. The summed E-state index contributed by atoms with van der Waals surface area (Å²) < 4.78 is 5.47. The average molecular weight is 286 g/mol. The highest BCUT2D eigenvalue weighted by Gasteiger charge is 2.22. The first-order valence-electron chi connectivity index (χ1n) is 7.64. The van der Waals surface area contributed by atoms with E-state index in [1.54, 1.807) is 6.26 Å². The molecule has 0 spiro atoms. The number of benzene rings is 1. The molecule has 1 fully saturated rings. The van der Waals surface area contributed by atoms with Crippen LogP contribution in [0.15, 0.2) is 34.9 Å². The van der Waals surface area contributed by atoms with Crippen LogP contribution in [0.5, 0.6) is 0 Å². The van der Waals surface area contributed by atoms with E-state index in [2.05, 4.69) is 10.2 Å². The van der Waals surface area contributed by atoms with Crippen molar-refractivity contribution in [3.63, 3.8) is 0 Å². The topological polar surface area (TPSA) is 45.5 Å². The van der Waals surface area contributed by atoms with E-state index in [0.717, 1.165) is 30.6 Å². The lowest BCUT2D eigenvalue weighted by molar-refractivity contribution is 0.0887. The Labute approximate surface area is 125 Å². The zero-order chi connectivity index (χ0) is 14.7. The Bertz CT molecular complexity index is 618. The van der Waals surface area contributed by atoms with E-state index in [0.29, 0.717) is 18.0 Å². The Morgan fingerprint density at radius 2 is 2.29 bits per heavy atom. The number of ketones is 1. The van der Waals surface area contributed by atoms with Crippen LogP contribution in [0.25, 0.3) is 11.0 Å². The summed E-state index contributed by atoms with van der Waals surface area (Å²) in [6.07, 6.45) is 4.02. The third-order valence-corrected chi connectivity index (χ3v) is 4.24. The third-order valence-electron chi connectivity index (χ3n) is 4.24. The van der Waals surface area contributed by atoms with E-state index < -0.39 is 0 Å². The molecule has 1 N–H and O–H groups in total. The molecule has 21 heavy (non-hydrogen) atoms. The smallest absolute Gasteiger partial charge is 0.180 e. The number of para-hydroxylation sites is 1. The number of Topliss-reactive ketones (excluding diaryl/α,β-unsaturated/α-hetero) is 1. The molecule has 2 aromatic rings.